The molecule has 0 aliphatic carbocycles. The van der Waals surface area contributed by atoms with Crippen LogP contribution < -0.4 is 5.32 Å². The van der Waals surface area contributed by atoms with Gasteiger partial charge in [0.1, 0.15) is 0 Å². The third-order valence-electron chi connectivity index (χ3n) is 4.01. The zero-order valence-corrected chi connectivity index (χ0v) is 11.3. The van der Waals surface area contributed by atoms with Gasteiger partial charge in [0.15, 0.2) is 0 Å². The summed E-state index contributed by atoms with van der Waals surface area (Å²) in [6, 6.07) is 9.13. The van der Waals surface area contributed by atoms with E-state index in [1.54, 1.807) is 0 Å². The van der Waals surface area contributed by atoms with E-state index in [-0.39, 0.29) is 0 Å². The van der Waals surface area contributed by atoms with Crippen molar-refractivity contribution in [3.05, 3.63) is 42.2 Å². The fourth-order valence-corrected chi connectivity index (χ4v) is 2.64. The molecule has 2 aromatic rings. The average Bonchev–Trinajstić information content (AvgIpc) is 2.99. The van der Waals surface area contributed by atoms with Crippen LogP contribution in [0.3, 0.4) is 0 Å². The van der Waals surface area contributed by atoms with Gasteiger partial charge in [-0.15, -0.1) is 0 Å². The largest absolute Gasteiger partial charge is 0.381 e. The van der Waals surface area contributed by atoms with E-state index in [0.717, 1.165) is 19.8 Å². The Morgan fingerprint density at radius 1 is 1.37 bits per heavy atom. The van der Waals surface area contributed by atoms with Crippen LogP contribution in [0.2, 0.25) is 0 Å². The van der Waals surface area contributed by atoms with Crippen molar-refractivity contribution in [1.29, 1.82) is 0 Å². The molecular formula is C16H20N2O. The lowest BCUT2D eigenvalue weighted by molar-refractivity contribution is 0.178. The summed E-state index contributed by atoms with van der Waals surface area (Å²) in [4.78, 5) is 4.14. The van der Waals surface area contributed by atoms with Crippen LogP contribution in [0.4, 0.5) is 0 Å². The van der Waals surface area contributed by atoms with Gasteiger partial charge in [-0.1, -0.05) is 12.1 Å². The minimum Gasteiger partial charge on any atom is -0.381 e. The molecule has 1 saturated heterocycles. The smallest absolute Gasteiger partial charge is 0.0509 e. The average molecular weight is 256 g/mol. The summed E-state index contributed by atoms with van der Waals surface area (Å²) in [5, 5.41) is 6.06. The molecular weight excluding hydrogens is 236 g/mol. The van der Waals surface area contributed by atoms with E-state index in [0.29, 0.717) is 12.0 Å². The van der Waals surface area contributed by atoms with Gasteiger partial charge in [-0.3, -0.25) is 4.98 Å². The first-order chi connectivity index (χ1) is 9.33. The molecule has 3 rings (SSSR count). The fraction of sp³-hybridized carbons (Fsp3) is 0.438. The second-order valence-electron chi connectivity index (χ2n) is 5.35. The molecule has 1 aromatic heterocycles. The highest BCUT2D eigenvalue weighted by Crippen LogP contribution is 2.18. The molecule has 1 aliphatic rings. The van der Waals surface area contributed by atoms with Gasteiger partial charge in [-0.25, -0.2) is 0 Å². The molecule has 2 unspecified atom stereocenters. The third-order valence-corrected chi connectivity index (χ3v) is 4.01. The van der Waals surface area contributed by atoms with Crippen molar-refractivity contribution in [2.45, 2.75) is 25.9 Å². The number of fused-ring (bicyclic) bond motifs is 1. The quantitative estimate of drug-likeness (QED) is 0.913. The Labute approximate surface area is 114 Å². The second kappa shape index (κ2) is 5.68. The summed E-state index contributed by atoms with van der Waals surface area (Å²) in [5.74, 6) is 0.657. The summed E-state index contributed by atoms with van der Waals surface area (Å²) in [5.41, 5.74) is 1.32. The van der Waals surface area contributed by atoms with Gasteiger partial charge in [0.25, 0.3) is 0 Å². The third kappa shape index (κ3) is 2.94. The minimum absolute atomic E-state index is 0.510. The van der Waals surface area contributed by atoms with E-state index >= 15 is 0 Å². The SMILES string of the molecule is CC(NCc1ccc2cnccc2c1)C1CCOC1. The van der Waals surface area contributed by atoms with Crippen molar-refractivity contribution in [2.24, 2.45) is 5.92 Å². The van der Waals surface area contributed by atoms with Gasteiger partial charge < -0.3 is 10.1 Å². The lowest BCUT2D eigenvalue weighted by atomic mass is 10.0. The number of nitrogens with zero attached hydrogens (tertiary/aromatic N) is 1. The van der Waals surface area contributed by atoms with E-state index < -0.39 is 0 Å². The first kappa shape index (κ1) is 12.6. The van der Waals surface area contributed by atoms with Crippen LogP contribution in [0.15, 0.2) is 36.7 Å². The summed E-state index contributed by atoms with van der Waals surface area (Å²) >= 11 is 0. The minimum atomic E-state index is 0.510. The zero-order chi connectivity index (χ0) is 13.1. The summed E-state index contributed by atoms with van der Waals surface area (Å²) in [7, 11) is 0. The first-order valence-corrected chi connectivity index (χ1v) is 6.97. The van der Waals surface area contributed by atoms with Crippen LogP contribution >= 0.6 is 0 Å². The molecule has 0 radical (unpaired) electrons. The predicted molar refractivity (Wildman–Crippen MR) is 77.0 cm³/mol. The monoisotopic (exact) mass is 256 g/mol. The van der Waals surface area contributed by atoms with Crippen molar-refractivity contribution in [3.63, 3.8) is 0 Å². The van der Waals surface area contributed by atoms with Gasteiger partial charge in [-0.2, -0.15) is 0 Å². The van der Waals surface area contributed by atoms with E-state index in [1.807, 2.05) is 12.4 Å². The Balaban J connectivity index is 1.64. The maximum absolute atomic E-state index is 5.44. The molecule has 0 spiro atoms. The highest BCUT2D eigenvalue weighted by molar-refractivity contribution is 5.81. The Morgan fingerprint density at radius 3 is 3.16 bits per heavy atom. The van der Waals surface area contributed by atoms with E-state index in [9.17, 15) is 0 Å². The highest BCUT2D eigenvalue weighted by atomic mass is 16.5. The Kier molecular flexibility index (Phi) is 3.76. The molecule has 1 aliphatic heterocycles. The van der Waals surface area contributed by atoms with Crippen molar-refractivity contribution >= 4 is 10.8 Å². The number of hydrogen-bond donors (Lipinski definition) is 1. The van der Waals surface area contributed by atoms with Crippen LogP contribution in [-0.2, 0) is 11.3 Å². The molecule has 1 fully saturated rings. The lowest BCUT2D eigenvalue weighted by Gasteiger charge is -2.19. The Hall–Kier alpha value is -1.45. The van der Waals surface area contributed by atoms with Crippen molar-refractivity contribution in [2.75, 3.05) is 13.2 Å². The van der Waals surface area contributed by atoms with Crippen LogP contribution in [0.25, 0.3) is 10.8 Å². The Bertz CT molecular complexity index is 549. The zero-order valence-electron chi connectivity index (χ0n) is 11.3. The van der Waals surface area contributed by atoms with Crippen LogP contribution in [0, 0.1) is 5.92 Å². The molecule has 2 atom stereocenters. The van der Waals surface area contributed by atoms with E-state index in [4.69, 9.17) is 4.74 Å². The number of aromatic nitrogens is 1. The molecule has 19 heavy (non-hydrogen) atoms. The molecule has 1 N–H and O–H groups in total. The molecule has 3 heteroatoms. The van der Waals surface area contributed by atoms with Crippen molar-refractivity contribution < 1.29 is 4.74 Å². The van der Waals surface area contributed by atoms with E-state index in [2.05, 4.69) is 41.5 Å². The van der Waals surface area contributed by atoms with Crippen molar-refractivity contribution in [1.82, 2.24) is 10.3 Å². The molecule has 0 amide bonds. The van der Waals surface area contributed by atoms with Gasteiger partial charge in [-0.05, 0) is 42.3 Å². The number of pyridine rings is 1. The van der Waals surface area contributed by atoms with Crippen molar-refractivity contribution in [3.8, 4) is 0 Å². The van der Waals surface area contributed by atoms with Gasteiger partial charge in [0.2, 0.25) is 0 Å². The predicted octanol–water partition coefficient (Wildman–Crippen LogP) is 2.75. The summed E-state index contributed by atoms with van der Waals surface area (Å²) < 4.78 is 5.44. The molecule has 3 nitrogen and oxygen atoms in total. The van der Waals surface area contributed by atoms with Gasteiger partial charge in [0, 0.05) is 37.0 Å². The number of hydrogen-bond acceptors (Lipinski definition) is 3. The number of nitrogens with one attached hydrogen (secondary N) is 1. The highest BCUT2D eigenvalue weighted by Gasteiger charge is 2.21. The molecule has 2 heterocycles. The van der Waals surface area contributed by atoms with Gasteiger partial charge >= 0.3 is 0 Å². The molecule has 100 valence electrons. The standard InChI is InChI=1S/C16H20N2O/c1-12(16-5-7-19-11-16)18-9-13-2-3-15-10-17-6-4-14(15)8-13/h2-4,6,8,10,12,16,18H,5,7,9,11H2,1H3. The lowest BCUT2D eigenvalue weighted by Crippen LogP contribution is -2.33. The maximum Gasteiger partial charge on any atom is 0.0509 e. The molecule has 0 bridgehead atoms. The number of rotatable bonds is 4. The normalized spacial score (nSPS) is 20.8. The number of benzene rings is 1. The topological polar surface area (TPSA) is 34.2 Å². The molecule has 1 aromatic carbocycles. The van der Waals surface area contributed by atoms with Gasteiger partial charge in [0.05, 0.1) is 6.61 Å². The second-order valence-corrected chi connectivity index (χ2v) is 5.35. The van der Waals surface area contributed by atoms with E-state index in [1.165, 1.54) is 22.8 Å². The fourth-order valence-electron chi connectivity index (χ4n) is 2.64. The summed E-state index contributed by atoms with van der Waals surface area (Å²) in [6.07, 6.45) is 4.93. The summed E-state index contributed by atoms with van der Waals surface area (Å²) in [6.45, 7) is 4.98. The Morgan fingerprint density at radius 2 is 2.32 bits per heavy atom. The van der Waals surface area contributed by atoms with Crippen LogP contribution in [0.5, 0.6) is 0 Å². The number of ether oxygens (including phenoxy) is 1. The first-order valence-electron chi connectivity index (χ1n) is 6.97. The van der Waals surface area contributed by atoms with Crippen LogP contribution in [-0.4, -0.2) is 24.2 Å². The maximum atomic E-state index is 5.44. The van der Waals surface area contributed by atoms with Crippen LogP contribution in [0.1, 0.15) is 18.9 Å². The molecule has 0 saturated carbocycles.